The smallest absolute Gasteiger partial charge is 0.0997 e. The van der Waals surface area contributed by atoms with Crippen molar-refractivity contribution in [2.75, 3.05) is 0 Å². The maximum Gasteiger partial charge on any atom is 0.0997 e. The van der Waals surface area contributed by atoms with E-state index in [9.17, 15) is 5.11 Å². The number of aryl methyl sites for hydroxylation is 1. The van der Waals surface area contributed by atoms with Crippen molar-refractivity contribution in [2.24, 2.45) is 7.05 Å². The Morgan fingerprint density at radius 1 is 1.44 bits per heavy atom. The van der Waals surface area contributed by atoms with Crippen LogP contribution in [-0.2, 0) is 13.5 Å². The van der Waals surface area contributed by atoms with Gasteiger partial charge in [-0.2, -0.15) is 5.10 Å². The second-order valence-electron chi connectivity index (χ2n) is 3.57. The normalized spacial score (nSPS) is 12.7. The van der Waals surface area contributed by atoms with Crippen LogP contribution in [0.15, 0.2) is 30.7 Å². The fourth-order valence-corrected chi connectivity index (χ4v) is 1.79. The quantitative estimate of drug-likeness (QED) is 0.885. The molecule has 1 unspecified atom stereocenters. The zero-order chi connectivity index (χ0) is 11.5. The number of aromatic nitrogens is 3. The first-order valence-corrected chi connectivity index (χ1v) is 5.30. The van der Waals surface area contributed by atoms with E-state index >= 15 is 0 Å². The molecular weight excluding hydrogens is 226 g/mol. The molecule has 0 fully saturated rings. The van der Waals surface area contributed by atoms with Crippen molar-refractivity contribution in [3.63, 3.8) is 0 Å². The molecule has 0 saturated heterocycles. The predicted octanol–water partition coefficient (Wildman–Crippen LogP) is 1.74. The van der Waals surface area contributed by atoms with E-state index in [2.05, 4.69) is 10.1 Å². The molecule has 16 heavy (non-hydrogen) atoms. The molecule has 84 valence electrons. The first-order valence-electron chi connectivity index (χ1n) is 4.93. The minimum atomic E-state index is -0.604. The van der Waals surface area contributed by atoms with Gasteiger partial charge in [-0.05, 0) is 17.7 Å². The van der Waals surface area contributed by atoms with Crippen LogP contribution < -0.4 is 0 Å². The summed E-state index contributed by atoms with van der Waals surface area (Å²) < 4.78 is 1.65. The molecule has 2 aromatic heterocycles. The van der Waals surface area contributed by atoms with Gasteiger partial charge in [0.15, 0.2) is 0 Å². The Labute approximate surface area is 98.5 Å². The van der Waals surface area contributed by atoms with Crippen LogP contribution in [0.25, 0.3) is 0 Å². The molecule has 0 spiro atoms. The lowest BCUT2D eigenvalue weighted by atomic mass is 10.1. The van der Waals surface area contributed by atoms with E-state index in [-0.39, 0.29) is 0 Å². The van der Waals surface area contributed by atoms with Crippen LogP contribution in [0.5, 0.6) is 0 Å². The van der Waals surface area contributed by atoms with E-state index in [0.29, 0.717) is 11.4 Å². The van der Waals surface area contributed by atoms with Crippen molar-refractivity contribution in [3.8, 4) is 0 Å². The van der Waals surface area contributed by atoms with Crippen LogP contribution in [0, 0.1) is 0 Å². The summed E-state index contributed by atoms with van der Waals surface area (Å²) in [5.74, 6) is 0. The summed E-state index contributed by atoms with van der Waals surface area (Å²) in [5.41, 5.74) is 1.65. The molecular formula is C11H12ClN3O. The lowest BCUT2D eigenvalue weighted by molar-refractivity contribution is 0.168. The molecule has 0 aliphatic rings. The molecule has 0 amide bonds. The standard InChI is InChI=1S/C11H12ClN3O/c1-15-10(3-5-14-15)11(16)6-8-2-4-13-7-9(8)12/h2-5,7,11,16H,6H2,1H3. The number of nitrogens with zero attached hydrogens (tertiary/aromatic N) is 3. The Balaban J connectivity index is 2.17. The molecule has 0 aromatic carbocycles. The molecule has 0 aliphatic heterocycles. The maximum absolute atomic E-state index is 10.0. The summed E-state index contributed by atoms with van der Waals surface area (Å²) in [6.07, 6.45) is 4.75. The van der Waals surface area contributed by atoms with Crippen molar-refractivity contribution in [1.29, 1.82) is 0 Å². The highest BCUT2D eigenvalue weighted by Gasteiger charge is 2.13. The highest BCUT2D eigenvalue weighted by Crippen LogP contribution is 2.21. The SMILES string of the molecule is Cn1nccc1C(O)Cc1ccncc1Cl. The fourth-order valence-electron chi connectivity index (χ4n) is 1.59. The Morgan fingerprint density at radius 3 is 2.88 bits per heavy atom. The highest BCUT2D eigenvalue weighted by atomic mass is 35.5. The number of hydrogen-bond acceptors (Lipinski definition) is 3. The van der Waals surface area contributed by atoms with Crippen molar-refractivity contribution < 1.29 is 5.11 Å². The number of aliphatic hydroxyl groups is 1. The molecule has 2 aromatic rings. The van der Waals surface area contributed by atoms with E-state index in [0.717, 1.165) is 11.3 Å². The zero-order valence-electron chi connectivity index (χ0n) is 8.84. The minimum absolute atomic E-state index is 0.459. The lowest BCUT2D eigenvalue weighted by Gasteiger charge is -2.11. The molecule has 0 radical (unpaired) electrons. The second kappa shape index (κ2) is 4.63. The molecule has 4 nitrogen and oxygen atoms in total. The second-order valence-corrected chi connectivity index (χ2v) is 3.97. The van der Waals surface area contributed by atoms with Crippen molar-refractivity contribution in [3.05, 3.63) is 47.0 Å². The molecule has 2 heterocycles. The third kappa shape index (κ3) is 2.23. The first kappa shape index (κ1) is 11.1. The van der Waals surface area contributed by atoms with E-state index in [1.165, 1.54) is 0 Å². The topological polar surface area (TPSA) is 50.9 Å². The Morgan fingerprint density at radius 2 is 2.25 bits per heavy atom. The monoisotopic (exact) mass is 237 g/mol. The average molecular weight is 238 g/mol. The highest BCUT2D eigenvalue weighted by molar-refractivity contribution is 6.31. The van der Waals surface area contributed by atoms with E-state index in [4.69, 9.17) is 11.6 Å². The summed E-state index contributed by atoms with van der Waals surface area (Å²) in [5, 5.41) is 14.6. The van der Waals surface area contributed by atoms with Gasteiger partial charge in [0, 0.05) is 32.1 Å². The molecule has 5 heteroatoms. The maximum atomic E-state index is 10.0. The van der Waals surface area contributed by atoms with Crippen LogP contribution in [0.1, 0.15) is 17.4 Å². The van der Waals surface area contributed by atoms with Gasteiger partial charge in [-0.1, -0.05) is 11.6 Å². The molecule has 0 bridgehead atoms. The van der Waals surface area contributed by atoms with Gasteiger partial charge in [0.2, 0.25) is 0 Å². The third-order valence-corrected chi connectivity index (χ3v) is 2.81. The van der Waals surface area contributed by atoms with Crippen molar-refractivity contribution >= 4 is 11.6 Å². The average Bonchev–Trinajstić information content (AvgIpc) is 2.68. The summed E-state index contributed by atoms with van der Waals surface area (Å²) in [6.45, 7) is 0. The Kier molecular flexibility index (Phi) is 3.22. The molecule has 1 N–H and O–H groups in total. The zero-order valence-corrected chi connectivity index (χ0v) is 9.59. The molecule has 0 aliphatic carbocycles. The van der Waals surface area contributed by atoms with E-state index in [1.807, 2.05) is 6.07 Å². The summed E-state index contributed by atoms with van der Waals surface area (Å²) in [4.78, 5) is 3.90. The Bertz CT molecular complexity index is 484. The summed E-state index contributed by atoms with van der Waals surface area (Å²) >= 11 is 5.97. The number of rotatable bonds is 3. The Hall–Kier alpha value is -1.39. The number of hydrogen-bond donors (Lipinski definition) is 1. The van der Waals surface area contributed by atoms with Gasteiger partial charge in [-0.25, -0.2) is 0 Å². The predicted molar refractivity (Wildman–Crippen MR) is 61.1 cm³/mol. The van der Waals surface area contributed by atoms with Crippen molar-refractivity contribution in [2.45, 2.75) is 12.5 Å². The summed E-state index contributed by atoms with van der Waals surface area (Å²) in [7, 11) is 1.80. The van der Waals surface area contributed by atoms with Gasteiger partial charge in [0.1, 0.15) is 0 Å². The van der Waals surface area contributed by atoms with Crippen LogP contribution in [0.2, 0.25) is 5.02 Å². The summed E-state index contributed by atoms with van der Waals surface area (Å²) in [6, 6.07) is 3.60. The molecule has 1 atom stereocenters. The number of pyridine rings is 1. The van der Waals surface area contributed by atoms with Gasteiger partial charge < -0.3 is 5.11 Å². The largest absolute Gasteiger partial charge is 0.386 e. The van der Waals surface area contributed by atoms with Gasteiger partial charge in [0.25, 0.3) is 0 Å². The lowest BCUT2D eigenvalue weighted by Crippen LogP contribution is -2.08. The minimum Gasteiger partial charge on any atom is -0.386 e. The first-order chi connectivity index (χ1) is 7.68. The van der Waals surface area contributed by atoms with Crippen LogP contribution >= 0.6 is 11.6 Å². The fraction of sp³-hybridized carbons (Fsp3) is 0.273. The van der Waals surface area contributed by atoms with E-state index < -0.39 is 6.10 Å². The number of aliphatic hydroxyl groups excluding tert-OH is 1. The number of halogens is 1. The van der Waals surface area contributed by atoms with Crippen molar-refractivity contribution in [1.82, 2.24) is 14.8 Å². The molecule has 0 saturated carbocycles. The van der Waals surface area contributed by atoms with Gasteiger partial charge >= 0.3 is 0 Å². The van der Waals surface area contributed by atoms with Crippen LogP contribution in [0.3, 0.4) is 0 Å². The van der Waals surface area contributed by atoms with Gasteiger partial charge in [0.05, 0.1) is 16.8 Å². The van der Waals surface area contributed by atoms with E-state index in [1.54, 1.807) is 36.4 Å². The van der Waals surface area contributed by atoms with Crippen LogP contribution in [-0.4, -0.2) is 19.9 Å². The molecule has 2 rings (SSSR count). The van der Waals surface area contributed by atoms with Crippen LogP contribution in [0.4, 0.5) is 0 Å². The van der Waals surface area contributed by atoms with Gasteiger partial charge in [-0.3, -0.25) is 9.67 Å². The third-order valence-electron chi connectivity index (χ3n) is 2.47. The van der Waals surface area contributed by atoms with Gasteiger partial charge in [-0.15, -0.1) is 0 Å².